The number of hydrogen-bond acceptors (Lipinski definition) is 4. The molecule has 0 aromatic rings. The van der Waals surface area contributed by atoms with Crippen LogP contribution in [0.25, 0.3) is 0 Å². The molecule has 0 unspecified atom stereocenters. The standard InChI is InChI=1S/C13H25NO4S.K.H/c1-3-5-6-7-8-9-10-11-12-19(16,17)18-14-13(15)4-2;;/h4H,2-3,5-12H2,1H3,(H,14,15);;. The van der Waals surface area contributed by atoms with Crippen molar-refractivity contribution < 1.29 is 17.5 Å². The van der Waals surface area contributed by atoms with Gasteiger partial charge in [-0.15, -0.1) is 4.28 Å². The van der Waals surface area contributed by atoms with Crippen molar-refractivity contribution in [2.75, 3.05) is 5.75 Å². The predicted molar refractivity (Wildman–Crippen MR) is 83.0 cm³/mol. The number of rotatable bonds is 12. The molecule has 0 saturated heterocycles. The van der Waals surface area contributed by atoms with Gasteiger partial charge in [-0.25, -0.2) is 5.48 Å². The van der Waals surface area contributed by atoms with Gasteiger partial charge in [0.1, 0.15) is 0 Å². The van der Waals surface area contributed by atoms with E-state index >= 15 is 0 Å². The molecule has 0 atom stereocenters. The van der Waals surface area contributed by atoms with Gasteiger partial charge in [0.05, 0.1) is 5.75 Å². The zero-order valence-electron chi connectivity index (χ0n) is 11.7. The second kappa shape index (κ2) is 14.7. The minimum absolute atomic E-state index is 0. The first-order valence-corrected chi connectivity index (χ1v) is 8.43. The first-order valence-electron chi connectivity index (χ1n) is 6.85. The van der Waals surface area contributed by atoms with Crippen LogP contribution >= 0.6 is 0 Å². The summed E-state index contributed by atoms with van der Waals surface area (Å²) in [5.74, 6) is -0.737. The van der Waals surface area contributed by atoms with Crippen LogP contribution in [0, 0.1) is 0 Å². The molecule has 1 amide bonds. The molecule has 0 aromatic heterocycles. The molecule has 0 bridgehead atoms. The molecule has 114 valence electrons. The summed E-state index contributed by atoms with van der Waals surface area (Å²) in [6.45, 7) is 5.37. The summed E-state index contributed by atoms with van der Waals surface area (Å²) in [5, 5.41) is 0. The van der Waals surface area contributed by atoms with E-state index in [1.54, 1.807) is 5.48 Å². The van der Waals surface area contributed by atoms with Crippen LogP contribution in [-0.4, -0.2) is 71.5 Å². The zero-order valence-corrected chi connectivity index (χ0v) is 12.5. The van der Waals surface area contributed by atoms with Crippen molar-refractivity contribution in [3.8, 4) is 0 Å². The van der Waals surface area contributed by atoms with Gasteiger partial charge >= 0.3 is 51.4 Å². The molecule has 0 radical (unpaired) electrons. The molecule has 0 fully saturated rings. The SMILES string of the molecule is C=CC(=O)NOS(=O)(=O)CCCCCCCCCC.[KH]. The van der Waals surface area contributed by atoms with Gasteiger partial charge in [0.25, 0.3) is 16.0 Å². The van der Waals surface area contributed by atoms with Gasteiger partial charge in [0, 0.05) is 0 Å². The maximum absolute atomic E-state index is 11.4. The average molecular weight is 332 g/mol. The number of nitrogens with one attached hydrogen (secondary N) is 1. The first kappa shape index (κ1) is 23.0. The van der Waals surface area contributed by atoms with Gasteiger partial charge in [0.2, 0.25) is 0 Å². The van der Waals surface area contributed by atoms with E-state index in [1.807, 2.05) is 0 Å². The molecule has 0 aromatic carbocycles. The van der Waals surface area contributed by atoms with Crippen molar-refractivity contribution in [3.63, 3.8) is 0 Å². The Morgan fingerprint density at radius 1 is 1.10 bits per heavy atom. The number of unbranched alkanes of at least 4 members (excludes halogenated alkanes) is 7. The topological polar surface area (TPSA) is 72.5 Å². The Morgan fingerprint density at radius 2 is 1.60 bits per heavy atom. The van der Waals surface area contributed by atoms with Crippen molar-refractivity contribution in [2.24, 2.45) is 0 Å². The third kappa shape index (κ3) is 15.2. The molecule has 0 aliphatic rings. The number of amides is 1. The van der Waals surface area contributed by atoms with E-state index in [1.165, 1.54) is 25.7 Å². The van der Waals surface area contributed by atoms with Crippen LogP contribution in [0.2, 0.25) is 0 Å². The Bertz CT molecular complexity index is 357. The van der Waals surface area contributed by atoms with Crippen LogP contribution in [0.15, 0.2) is 12.7 Å². The number of carbonyl (C=O) groups excluding carboxylic acids is 1. The van der Waals surface area contributed by atoms with Crippen LogP contribution in [0.3, 0.4) is 0 Å². The van der Waals surface area contributed by atoms with Crippen LogP contribution < -0.4 is 5.48 Å². The van der Waals surface area contributed by atoms with Crippen LogP contribution in [0.1, 0.15) is 58.3 Å². The third-order valence-electron chi connectivity index (χ3n) is 2.70. The monoisotopic (exact) mass is 331 g/mol. The molecule has 0 aliphatic heterocycles. The summed E-state index contributed by atoms with van der Waals surface area (Å²) in [6, 6.07) is 0. The van der Waals surface area contributed by atoms with E-state index in [0.29, 0.717) is 6.42 Å². The van der Waals surface area contributed by atoms with E-state index in [-0.39, 0.29) is 57.1 Å². The molecule has 0 rings (SSSR count). The maximum atomic E-state index is 11.4. The fraction of sp³-hybridized carbons (Fsp3) is 0.769. The van der Waals surface area contributed by atoms with Gasteiger partial charge in [-0.3, -0.25) is 4.79 Å². The zero-order chi connectivity index (χ0) is 14.6. The summed E-state index contributed by atoms with van der Waals surface area (Å²) in [5.41, 5.74) is 1.80. The number of carbonyl (C=O) groups is 1. The summed E-state index contributed by atoms with van der Waals surface area (Å²) in [7, 11) is -3.67. The molecule has 1 N–H and O–H groups in total. The summed E-state index contributed by atoms with van der Waals surface area (Å²) in [4.78, 5) is 10.7. The Morgan fingerprint density at radius 3 is 2.10 bits per heavy atom. The molecular formula is C13H26KNO4S. The molecule has 20 heavy (non-hydrogen) atoms. The van der Waals surface area contributed by atoms with Crippen molar-refractivity contribution in [2.45, 2.75) is 58.3 Å². The van der Waals surface area contributed by atoms with Crippen molar-refractivity contribution in [1.82, 2.24) is 5.48 Å². The van der Waals surface area contributed by atoms with E-state index in [9.17, 15) is 13.2 Å². The number of hydroxylamine groups is 1. The Balaban J connectivity index is 0. The van der Waals surface area contributed by atoms with E-state index < -0.39 is 16.0 Å². The summed E-state index contributed by atoms with van der Waals surface area (Å²) >= 11 is 0. The Kier molecular flexibility index (Phi) is 16.9. The normalized spacial score (nSPS) is 10.7. The molecule has 7 heteroatoms. The summed E-state index contributed by atoms with van der Waals surface area (Å²) < 4.78 is 27.1. The first-order chi connectivity index (χ1) is 9.02. The fourth-order valence-electron chi connectivity index (χ4n) is 1.60. The Hall–Kier alpha value is 0.756. The van der Waals surface area contributed by atoms with Crippen molar-refractivity contribution >= 4 is 67.4 Å². The quantitative estimate of drug-likeness (QED) is 0.257. The van der Waals surface area contributed by atoms with E-state index in [0.717, 1.165) is 25.3 Å². The number of hydrogen-bond donors (Lipinski definition) is 1. The predicted octanol–water partition coefficient (Wildman–Crippen LogP) is 2.04. The van der Waals surface area contributed by atoms with Gasteiger partial charge < -0.3 is 0 Å². The van der Waals surface area contributed by atoms with Crippen molar-refractivity contribution in [3.05, 3.63) is 12.7 Å². The van der Waals surface area contributed by atoms with Crippen molar-refractivity contribution in [1.29, 1.82) is 0 Å². The second-order valence-electron chi connectivity index (χ2n) is 4.49. The van der Waals surface area contributed by atoms with Crippen LogP contribution in [0.4, 0.5) is 0 Å². The van der Waals surface area contributed by atoms with Gasteiger partial charge in [-0.2, -0.15) is 8.42 Å². The Labute approximate surface area is 165 Å². The minimum atomic E-state index is -3.67. The summed E-state index contributed by atoms with van der Waals surface area (Å²) in [6.07, 6.45) is 9.53. The van der Waals surface area contributed by atoms with Crippen LogP contribution in [-0.2, 0) is 19.2 Å². The van der Waals surface area contributed by atoms with Gasteiger partial charge in [-0.05, 0) is 12.5 Å². The van der Waals surface area contributed by atoms with Gasteiger partial charge in [0.15, 0.2) is 0 Å². The third-order valence-corrected chi connectivity index (χ3v) is 3.83. The fourth-order valence-corrected chi connectivity index (χ4v) is 2.45. The van der Waals surface area contributed by atoms with E-state index in [2.05, 4.69) is 17.8 Å². The molecule has 0 heterocycles. The molecule has 0 spiro atoms. The van der Waals surface area contributed by atoms with Crippen LogP contribution in [0.5, 0.6) is 0 Å². The molecule has 0 aliphatic carbocycles. The average Bonchev–Trinajstić information content (AvgIpc) is 2.39. The molecular weight excluding hydrogens is 305 g/mol. The molecule has 5 nitrogen and oxygen atoms in total. The second-order valence-corrected chi connectivity index (χ2v) is 6.18. The molecule has 0 saturated carbocycles. The van der Waals surface area contributed by atoms with E-state index in [4.69, 9.17) is 0 Å². The van der Waals surface area contributed by atoms with Gasteiger partial charge in [-0.1, -0.05) is 58.4 Å².